The summed E-state index contributed by atoms with van der Waals surface area (Å²) in [5.74, 6) is -2.43. The van der Waals surface area contributed by atoms with Gasteiger partial charge in [-0.3, -0.25) is 4.79 Å². The zero-order chi connectivity index (χ0) is 22.6. The highest BCUT2D eigenvalue weighted by Crippen LogP contribution is 2.47. The molecular formula is C21H18ClF2N3O3S. The quantitative estimate of drug-likeness (QED) is 0.501. The van der Waals surface area contributed by atoms with Gasteiger partial charge in [-0.2, -0.15) is 11.3 Å². The lowest BCUT2D eigenvalue weighted by Gasteiger charge is -2.28. The lowest BCUT2D eigenvalue weighted by molar-refractivity contribution is -0.123. The molecule has 0 aliphatic carbocycles. The molecule has 0 bridgehead atoms. The van der Waals surface area contributed by atoms with Crippen LogP contribution in [0.25, 0.3) is 11.3 Å². The van der Waals surface area contributed by atoms with Crippen molar-refractivity contribution in [2.45, 2.75) is 17.9 Å². The Morgan fingerprint density at radius 2 is 2.13 bits per heavy atom. The Morgan fingerprint density at radius 1 is 1.39 bits per heavy atom. The Morgan fingerprint density at radius 3 is 2.74 bits per heavy atom. The lowest BCUT2D eigenvalue weighted by atomic mass is 9.81. The van der Waals surface area contributed by atoms with E-state index in [1.165, 1.54) is 17.4 Å². The fourth-order valence-electron chi connectivity index (χ4n) is 3.56. The maximum atomic E-state index is 14.7. The third kappa shape index (κ3) is 3.28. The average Bonchev–Trinajstić information content (AvgIpc) is 3.39. The molecule has 5 N–H and O–H groups in total. The van der Waals surface area contributed by atoms with Crippen molar-refractivity contribution in [1.82, 2.24) is 4.98 Å². The molecular weight excluding hydrogens is 448 g/mol. The fourth-order valence-corrected chi connectivity index (χ4v) is 4.44. The van der Waals surface area contributed by atoms with E-state index in [4.69, 9.17) is 27.8 Å². The third-order valence-corrected chi connectivity index (χ3v) is 6.57. The van der Waals surface area contributed by atoms with Crippen LogP contribution in [0.1, 0.15) is 23.7 Å². The predicted octanol–water partition coefficient (Wildman–Crippen LogP) is 3.07. The van der Waals surface area contributed by atoms with E-state index >= 15 is 0 Å². The van der Waals surface area contributed by atoms with E-state index < -0.39 is 28.6 Å². The van der Waals surface area contributed by atoms with Crippen LogP contribution in [0.15, 0.2) is 35.0 Å². The Bertz CT molecular complexity index is 1190. The number of amides is 1. The molecule has 6 nitrogen and oxygen atoms in total. The van der Waals surface area contributed by atoms with Crippen molar-refractivity contribution >= 4 is 28.8 Å². The average molecular weight is 466 g/mol. The number of nitrogens with two attached hydrogens (primary N) is 2. The largest absolute Gasteiger partial charge is 0.489 e. The highest BCUT2D eigenvalue weighted by atomic mass is 35.5. The van der Waals surface area contributed by atoms with Gasteiger partial charge in [0, 0.05) is 29.3 Å². The van der Waals surface area contributed by atoms with Gasteiger partial charge in [-0.15, -0.1) is 0 Å². The molecule has 0 spiro atoms. The maximum Gasteiger partial charge on any atom is 0.231 e. The zero-order valence-electron chi connectivity index (χ0n) is 16.3. The van der Waals surface area contributed by atoms with Crippen LogP contribution < -0.4 is 16.2 Å². The van der Waals surface area contributed by atoms with Crippen molar-refractivity contribution in [3.05, 3.63) is 68.5 Å². The molecule has 1 aliphatic rings. The summed E-state index contributed by atoms with van der Waals surface area (Å²) in [5, 5.41) is 14.6. The minimum atomic E-state index is -1.73. The summed E-state index contributed by atoms with van der Waals surface area (Å²) < 4.78 is 34.2. The summed E-state index contributed by atoms with van der Waals surface area (Å²) in [5.41, 5.74) is 9.23. The van der Waals surface area contributed by atoms with Crippen molar-refractivity contribution < 1.29 is 23.4 Å². The summed E-state index contributed by atoms with van der Waals surface area (Å²) in [6, 6.07) is 4.89. The molecule has 10 heteroatoms. The number of pyridine rings is 1. The number of fused-ring (bicyclic) bond motifs is 1. The Kier molecular flexibility index (Phi) is 5.25. The van der Waals surface area contributed by atoms with Gasteiger partial charge < -0.3 is 21.3 Å². The highest BCUT2D eigenvalue weighted by Gasteiger charge is 2.46. The summed E-state index contributed by atoms with van der Waals surface area (Å²) >= 11 is 7.23. The van der Waals surface area contributed by atoms with Crippen LogP contribution in [-0.4, -0.2) is 29.1 Å². The van der Waals surface area contributed by atoms with E-state index in [2.05, 4.69) is 4.98 Å². The first-order valence-electron chi connectivity index (χ1n) is 9.20. The second-order valence-corrected chi connectivity index (χ2v) is 8.73. The molecule has 2 atom stereocenters. The molecule has 4 rings (SSSR count). The van der Waals surface area contributed by atoms with E-state index in [0.717, 1.165) is 6.07 Å². The molecule has 1 amide bonds. The summed E-state index contributed by atoms with van der Waals surface area (Å²) in [4.78, 5) is 16.7. The highest BCUT2D eigenvalue weighted by molar-refractivity contribution is 7.08. The van der Waals surface area contributed by atoms with E-state index in [1.807, 2.05) is 0 Å². The number of thiophene rings is 1. The molecule has 0 saturated carbocycles. The van der Waals surface area contributed by atoms with Gasteiger partial charge in [0.05, 0.1) is 10.7 Å². The predicted molar refractivity (Wildman–Crippen MR) is 113 cm³/mol. The van der Waals surface area contributed by atoms with Crippen molar-refractivity contribution in [2.75, 3.05) is 13.2 Å². The minimum absolute atomic E-state index is 0.0426. The molecule has 162 valence electrons. The normalized spacial score (nSPS) is 19.5. The number of ether oxygens (including phenoxy) is 1. The monoisotopic (exact) mass is 465 g/mol. The fraction of sp³-hybridized carbons (Fsp3) is 0.238. The Balaban J connectivity index is 2.05. The Labute approximate surface area is 185 Å². The number of primary amides is 1. The molecule has 1 aromatic carbocycles. The standard InChI is InChI=1S/C21H18ClF2N3O3S/c1-20(19(26)28)9-30-18-12(20)5-16(21(29,8-25)10-2-3-31-7-10)27-17(18)11-4-13(22)15(24)6-14(11)23/h2-7,29H,8-9,25H2,1H3,(H2,26,28)/t20-,21+/m0/s1. The molecule has 0 fully saturated rings. The molecule has 1 aliphatic heterocycles. The van der Waals surface area contributed by atoms with Crippen LogP contribution in [0.4, 0.5) is 8.78 Å². The summed E-state index contributed by atoms with van der Waals surface area (Å²) in [7, 11) is 0. The van der Waals surface area contributed by atoms with Crippen LogP contribution in [0.5, 0.6) is 5.75 Å². The number of carbonyl (C=O) groups excluding carboxylic acids is 1. The van der Waals surface area contributed by atoms with Crippen molar-refractivity contribution in [1.29, 1.82) is 0 Å². The molecule has 0 saturated heterocycles. The molecule has 0 radical (unpaired) electrons. The number of nitrogens with zero attached hydrogens (tertiary/aromatic N) is 1. The van der Waals surface area contributed by atoms with Crippen LogP contribution >= 0.6 is 22.9 Å². The van der Waals surface area contributed by atoms with Crippen molar-refractivity contribution in [3.63, 3.8) is 0 Å². The van der Waals surface area contributed by atoms with E-state index in [1.54, 1.807) is 23.8 Å². The van der Waals surface area contributed by atoms with E-state index in [0.29, 0.717) is 17.2 Å². The molecule has 31 heavy (non-hydrogen) atoms. The number of aliphatic hydroxyl groups is 1. The van der Waals surface area contributed by atoms with Gasteiger partial charge in [-0.1, -0.05) is 11.6 Å². The second-order valence-electron chi connectivity index (χ2n) is 7.54. The zero-order valence-corrected chi connectivity index (χ0v) is 17.9. The van der Waals surface area contributed by atoms with Gasteiger partial charge in [0.2, 0.25) is 5.91 Å². The summed E-state index contributed by atoms with van der Waals surface area (Å²) in [6.45, 7) is 1.23. The van der Waals surface area contributed by atoms with Gasteiger partial charge in [0.25, 0.3) is 0 Å². The topological polar surface area (TPSA) is 111 Å². The smallest absolute Gasteiger partial charge is 0.231 e. The first-order valence-corrected chi connectivity index (χ1v) is 10.5. The van der Waals surface area contributed by atoms with Crippen LogP contribution in [0.2, 0.25) is 5.02 Å². The number of halogens is 3. The van der Waals surface area contributed by atoms with Crippen LogP contribution in [0, 0.1) is 11.6 Å². The van der Waals surface area contributed by atoms with E-state index in [9.17, 15) is 18.7 Å². The third-order valence-electron chi connectivity index (χ3n) is 5.60. The van der Waals surface area contributed by atoms with Crippen LogP contribution in [0.3, 0.4) is 0 Å². The van der Waals surface area contributed by atoms with Gasteiger partial charge in [-0.05, 0) is 35.9 Å². The number of rotatable bonds is 5. The molecule has 3 heterocycles. The lowest BCUT2D eigenvalue weighted by Crippen LogP contribution is -2.41. The van der Waals surface area contributed by atoms with Crippen molar-refractivity contribution in [3.8, 4) is 17.0 Å². The summed E-state index contributed by atoms with van der Waals surface area (Å²) in [6.07, 6.45) is 0. The molecule has 0 unspecified atom stereocenters. The first kappa shape index (κ1) is 21.6. The van der Waals surface area contributed by atoms with Crippen molar-refractivity contribution in [2.24, 2.45) is 11.5 Å². The van der Waals surface area contributed by atoms with Gasteiger partial charge >= 0.3 is 0 Å². The SMILES string of the molecule is C[C@]1(C(N)=O)COc2c1cc([C@@](O)(CN)c1ccsc1)nc2-c1cc(Cl)c(F)cc1F. The number of benzene rings is 1. The number of carbonyl (C=O) groups is 1. The molecule has 3 aromatic rings. The van der Waals surface area contributed by atoms with E-state index in [-0.39, 0.29) is 40.9 Å². The minimum Gasteiger partial charge on any atom is -0.489 e. The van der Waals surface area contributed by atoms with Gasteiger partial charge in [0.1, 0.15) is 40.7 Å². The first-order chi connectivity index (χ1) is 14.6. The second kappa shape index (κ2) is 7.52. The van der Waals surface area contributed by atoms with Gasteiger partial charge in [-0.25, -0.2) is 13.8 Å². The van der Waals surface area contributed by atoms with Crippen LogP contribution in [-0.2, 0) is 15.8 Å². The maximum absolute atomic E-state index is 14.7. The Hall–Kier alpha value is -2.59. The number of hydrogen-bond donors (Lipinski definition) is 3. The number of aromatic nitrogens is 1. The molecule has 2 aromatic heterocycles. The van der Waals surface area contributed by atoms with Gasteiger partial charge in [0.15, 0.2) is 0 Å². The number of hydrogen-bond acceptors (Lipinski definition) is 6.